The number of hydrogen-bond donors (Lipinski definition) is 0. The Morgan fingerprint density at radius 1 is 1.00 bits per heavy atom. The van der Waals surface area contributed by atoms with Gasteiger partial charge in [0.15, 0.2) is 0 Å². The summed E-state index contributed by atoms with van der Waals surface area (Å²) in [6.45, 7) is 3.19. The molecule has 0 radical (unpaired) electrons. The molecule has 0 unspecified atom stereocenters. The van der Waals surface area contributed by atoms with Crippen molar-refractivity contribution in [2.45, 2.75) is 12.8 Å². The second-order valence-electron chi connectivity index (χ2n) is 7.00. The Hall–Kier alpha value is -3.13. The Labute approximate surface area is 180 Å². The van der Waals surface area contributed by atoms with Crippen molar-refractivity contribution < 1.29 is 9.53 Å². The van der Waals surface area contributed by atoms with Crippen molar-refractivity contribution in [2.24, 2.45) is 0 Å². The van der Waals surface area contributed by atoms with E-state index in [-0.39, 0.29) is 5.91 Å². The van der Waals surface area contributed by atoms with Crippen molar-refractivity contribution in [3.8, 4) is 11.4 Å². The lowest BCUT2D eigenvalue weighted by atomic mass is 10.2. The summed E-state index contributed by atoms with van der Waals surface area (Å²) in [6.07, 6.45) is 1.14. The first kappa shape index (κ1) is 20.2. The van der Waals surface area contributed by atoms with Crippen LogP contribution < -0.4 is 9.64 Å². The van der Waals surface area contributed by atoms with E-state index in [0.29, 0.717) is 56.6 Å². The summed E-state index contributed by atoms with van der Waals surface area (Å²) >= 11 is 5.86. The molecule has 30 heavy (non-hydrogen) atoms. The van der Waals surface area contributed by atoms with Crippen LogP contribution in [0.3, 0.4) is 0 Å². The minimum absolute atomic E-state index is 0.150. The highest BCUT2D eigenvalue weighted by molar-refractivity contribution is 6.30. The van der Waals surface area contributed by atoms with Crippen LogP contribution in [0, 0.1) is 0 Å². The summed E-state index contributed by atoms with van der Waals surface area (Å²) in [6, 6.07) is 17.0. The number of aromatic nitrogens is 4. The number of carbonyl (C=O) groups excluding carboxylic acids is 1. The van der Waals surface area contributed by atoms with E-state index in [9.17, 15) is 4.79 Å². The van der Waals surface area contributed by atoms with E-state index in [2.05, 4.69) is 20.4 Å². The minimum Gasteiger partial charge on any atom is -0.494 e. The van der Waals surface area contributed by atoms with Gasteiger partial charge in [-0.1, -0.05) is 34.9 Å². The molecule has 2 aromatic carbocycles. The van der Waals surface area contributed by atoms with Gasteiger partial charge in [-0.15, -0.1) is 0 Å². The fraction of sp³-hybridized carbons (Fsp3) is 0.333. The molecule has 1 aromatic heterocycles. The predicted molar refractivity (Wildman–Crippen MR) is 114 cm³/mol. The van der Waals surface area contributed by atoms with Crippen molar-refractivity contribution in [2.75, 3.05) is 37.7 Å². The molecule has 2 heterocycles. The summed E-state index contributed by atoms with van der Waals surface area (Å²) in [7, 11) is 0. The van der Waals surface area contributed by atoms with E-state index in [1.165, 1.54) is 0 Å². The molecule has 9 heteroatoms. The predicted octanol–water partition coefficient (Wildman–Crippen LogP) is 2.82. The van der Waals surface area contributed by atoms with Gasteiger partial charge in [0.25, 0.3) is 0 Å². The quantitative estimate of drug-likeness (QED) is 0.541. The van der Waals surface area contributed by atoms with E-state index in [1.807, 2.05) is 47.4 Å². The zero-order chi connectivity index (χ0) is 20.8. The van der Waals surface area contributed by atoms with Gasteiger partial charge in [0.2, 0.25) is 11.9 Å². The van der Waals surface area contributed by atoms with Gasteiger partial charge in [-0.25, -0.2) is 0 Å². The van der Waals surface area contributed by atoms with Gasteiger partial charge in [-0.05, 0) is 53.2 Å². The van der Waals surface area contributed by atoms with E-state index in [1.54, 1.807) is 16.8 Å². The van der Waals surface area contributed by atoms with Gasteiger partial charge in [0.05, 0.1) is 12.3 Å². The SMILES string of the molecule is O=C(CCCOc1ccc(Cl)cc1)N1CCN(c2nnnn2-c2ccccc2)CC1. The van der Waals surface area contributed by atoms with E-state index in [0.717, 1.165) is 11.4 Å². The number of rotatable bonds is 7. The molecule has 0 aliphatic carbocycles. The van der Waals surface area contributed by atoms with Crippen LogP contribution in [0.25, 0.3) is 5.69 Å². The van der Waals surface area contributed by atoms with Crippen LogP contribution in [-0.4, -0.2) is 63.8 Å². The third kappa shape index (κ3) is 4.88. The second-order valence-corrected chi connectivity index (χ2v) is 7.44. The Morgan fingerprint density at radius 2 is 1.73 bits per heavy atom. The standard InChI is InChI=1S/C21H23ClN6O2/c22-17-8-10-19(11-9-17)30-16-4-7-20(29)26-12-14-27(15-13-26)21-23-24-25-28(21)18-5-2-1-3-6-18/h1-3,5-6,8-11H,4,7,12-16H2. The molecule has 4 rings (SSSR count). The molecule has 156 valence electrons. The summed E-state index contributed by atoms with van der Waals surface area (Å²) in [5, 5.41) is 12.8. The first-order valence-electron chi connectivity index (χ1n) is 9.95. The molecule has 0 bridgehead atoms. The molecule has 8 nitrogen and oxygen atoms in total. The zero-order valence-corrected chi connectivity index (χ0v) is 17.3. The van der Waals surface area contributed by atoms with Crippen molar-refractivity contribution in [1.82, 2.24) is 25.1 Å². The van der Waals surface area contributed by atoms with Crippen LogP contribution in [0.4, 0.5) is 5.95 Å². The largest absolute Gasteiger partial charge is 0.494 e. The van der Waals surface area contributed by atoms with Crippen molar-refractivity contribution >= 4 is 23.5 Å². The monoisotopic (exact) mass is 426 g/mol. The highest BCUT2D eigenvalue weighted by Gasteiger charge is 2.24. The highest BCUT2D eigenvalue weighted by atomic mass is 35.5. The van der Waals surface area contributed by atoms with Gasteiger partial charge < -0.3 is 14.5 Å². The lowest BCUT2D eigenvalue weighted by Gasteiger charge is -2.34. The number of tetrazole rings is 1. The fourth-order valence-electron chi connectivity index (χ4n) is 3.37. The lowest BCUT2D eigenvalue weighted by Crippen LogP contribution is -2.49. The maximum absolute atomic E-state index is 12.5. The average Bonchev–Trinajstić information content (AvgIpc) is 3.28. The maximum Gasteiger partial charge on any atom is 0.250 e. The highest BCUT2D eigenvalue weighted by Crippen LogP contribution is 2.18. The number of halogens is 1. The van der Waals surface area contributed by atoms with E-state index < -0.39 is 0 Å². The summed E-state index contributed by atoms with van der Waals surface area (Å²) in [4.78, 5) is 16.5. The molecule has 3 aromatic rings. The zero-order valence-electron chi connectivity index (χ0n) is 16.5. The molecule has 0 spiro atoms. The first-order chi connectivity index (χ1) is 14.7. The smallest absolute Gasteiger partial charge is 0.250 e. The molecular formula is C21H23ClN6O2. The Morgan fingerprint density at radius 3 is 2.47 bits per heavy atom. The molecule has 1 aliphatic heterocycles. The van der Waals surface area contributed by atoms with Crippen LogP contribution in [0.2, 0.25) is 5.02 Å². The number of anilines is 1. The van der Waals surface area contributed by atoms with Gasteiger partial charge >= 0.3 is 0 Å². The van der Waals surface area contributed by atoms with E-state index >= 15 is 0 Å². The molecular weight excluding hydrogens is 404 g/mol. The number of hydrogen-bond acceptors (Lipinski definition) is 6. The Kier molecular flexibility index (Phi) is 6.44. The number of ether oxygens (including phenoxy) is 1. The van der Waals surface area contributed by atoms with Crippen LogP contribution in [-0.2, 0) is 4.79 Å². The molecule has 0 saturated carbocycles. The maximum atomic E-state index is 12.5. The second kappa shape index (κ2) is 9.58. The van der Waals surface area contributed by atoms with Crippen LogP contribution in [0.15, 0.2) is 54.6 Å². The number of para-hydroxylation sites is 1. The topological polar surface area (TPSA) is 76.4 Å². The first-order valence-corrected chi connectivity index (χ1v) is 10.3. The number of carbonyl (C=O) groups is 1. The van der Waals surface area contributed by atoms with Gasteiger partial charge in [0.1, 0.15) is 5.75 Å². The third-order valence-electron chi connectivity index (χ3n) is 4.99. The van der Waals surface area contributed by atoms with Crippen LogP contribution in [0.5, 0.6) is 5.75 Å². The molecule has 1 aliphatic rings. The molecule has 1 amide bonds. The number of piperazine rings is 1. The molecule has 1 fully saturated rings. The third-order valence-corrected chi connectivity index (χ3v) is 5.24. The van der Waals surface area contributed by atoms with Crippen molar-refractivity contribution in [3.63, 3.8) is 0 Å². The average molecular weight is 427 g/mol. The summed E-state index contributed by atoms with van der Waals surface area (Å²) in [5.41, 5.74) is 0.914. The number of nitrogens with zero attached hydrogens (tertiary/aromatic N) is 6. The van der Waals surface area contributed by atoms with Gasteiger partial charge in [-0.3, -0.25) is 4.79 Å². The van der Waals surface area contributed by atoms with Gasteiger partial charge in [-0.2, -0.15) is 4.68 Å². The molecule has 0 atom stereocenters. The van der Waals surface area contributed by atoms with Crippen LogP contribution in [0.1, 0.15) is 12.8 Å². The summed E-state index contributed by atoms with van der Waals surface area (Å²) < 4.78 is 7.39. The Balaban J connectivity index is 1.23. The van der Waals surface area contributed by atoms with Crippen molar-refractivity contribution in [1.29, 1.82) is 0 Å². The van der Waals surface area contributed by atoms with Crippen molar-refractivity contribution in [3.05, 3.63) is 59.6 Å². The number of benzene rings is 2. The number of amides is 1. The van der Waals surface area contributed by atoms with Crippen LogP contribution >= 0.6 is 11.6 Å². The minimum atomic E-state index is 0.150. The van der Waals surface area contributed by atoms with Gasteiger partial charge in [0, 0.05) is 37.6 Å². The molecule has 0 N–H and O–H groups in total. The Bertz CT molecular complexity index is 955. The van der Waals surface area contributed by atoms with E-state index in [4.69, 9.17) is 16.3 Å². The fourth-order valence-corrected chi connectivity index (χ4v) is 3.50. The molecule has 1 saturated heterocycles. The lowest BCUT2D eigenvalue weighted by molar-refractivity contribution is -0.131. The summed E-state index contributed by atoms with van der Waals surface area (Å²) in [5.74, 6) is 1.61. The normalized spacial score (nSPS) is 14.0.